The minimum Gasteiger partial charge on any atom is -0.464 e. The van der Waals surface area contributed by atoms with Crippen molar-refractivity contribution < 1.29 is 4.42 Å². The van der Waals surface area contributed by atoms with Crippen molar-refractivity contribution in [1.82, 2.24) is 15.0 Å². The van der Waals surface area contributed by atoms with Crippen LogP contribution in [-0.2, 0) is 12.8 Å². The summed E-state index contributed by atoms with van der Waals surface area (Å²) in [5, 5.41) is 0. The van der Waals surface area contributed by atoms with Crippen molar-refractivity contribution in [1.29, 1.82) is 0 Å². The molecule has 0 aromatic carbocycles. The van der Waals surface area contributed by atoms with E-state index in [2.05, 4.69) is 22.1 Å². The van der Waals surface area contributed by atoms with Crippen LogP contribution in [0, 0.1) is 0 Å². The van der Waals surface area contributed by atoms with Gasteiger partial charge in [0, 0.05) is 18.0 Å². The molecular formula is C21H15N3O. The molecular weight excluding hydrogens is 310 g/mol. The Kier molecular flexibility index (Phi) is 3.20. The zero-order valence-corrected chi connectivity index (χ0v) is 13.5. The van der Waals surface area contributed by atoms with Crippen molar-refractivity contribution in [3.63, 3.8) is 0 Å². The maximum atomic E-state index is 5.70. The molecule has 4 aromatic heterocycles. The van der Waals surface area contributed by atoms with E-state index in [4.69, 9.17) is 9.40 Å². The molecule has 0 atom stereocenters. The molecule has 0 aliphatic heterocycles. The van der Waals surface area contributed by atoms with Gasteiger partial charge in [0.15, 0.2) is 0 Å². The van der Waals surface area contributed by atoms with Crippen LogP contribution in [0.15, 0.2) is 71.6 Å². The van der Waals surface area contributed by atoms with Crippen molar-refractivity contribution >= 4 is 0 Å². The molecule has 4 aromatic rings. The number of furan rings is 1. The zero-order chi connectivity index (χ0) is 16.6. The fourth-order valence-electron chi connectivity index (χ4n) is 3.43. The Morgan fingerprint density at radius 3 is 2.60 bits per heavy atom. The van der Waals surface area contributed by atoms with Crippen LogP contribution in [0.3, 0.4) is 0 Å². The first-order valence-corrected chi connectivity index (χ1v) is 8.33. The van der Waals surface area contributed by atoms with Gasteiger partial charge in [0.1, 0.15) is 5.76 Å². The van der Waals surface area contributed by atoms with E-state index in [1.165, 1.54) is 11.1 Å². The first-order valence-electron chi connectivity index (χ1n) is 8.33. The summed E-state index contributed by atoms with van der Waals surface area (Å²) in [7, 11) is 0. The smallest absolute Gasteiger partial charge is 0.134 e. The van der Waals surface area contributed by atoms with Gasteiger partial charge in [-0.05, 0) is 60.4 Å². The Hall–Kier alpha value is -3.27. The highest BCUT2D eigenvalue weighted by atomic mass is 16.3. The van der Waals surface area contributed by atoms with Crippen LogP contribution in [-0.4, -0.2) is 15.0 Å². The third-order valence-corrected chi connectivity index (χ3v) is 4.60. The fourth-order valence-corrected chi connectivity index (χ4v) is 3.43. The molecule has 0 bridgehead atoms. The van der Waals surface area contributed by atoms with Crippen molar-refractivity contribution in [2.75, 3.05) is 0 Å². The van der Waals surface area contributed by atoms with Gasteiger partial charge in [-0.3, -0.25) is 9.97 Å². The quantitative estimate of drug-likeness (QED) is 0.542. The highest BCUT2D eigenvalue weighted by molar-refractivity contribution is 5.79. The monoisotopic (exact) mass is 325 g/mol. The Bertz CT molecular complexity index is 1040. The van der Waals surface area contributed by atoms with Crippen LogP contribution in [0.1, 0.15) is 11.1 Å². The van der Waals surface area contributed by atoms with Gasteiger partial charge in [0.25, 0.3) is 0 Å². The van der Waals surface area contributed by atoms with Crippen molar-refractivity contribution in [3.05, 3.63) is 78.3 Å². The molecule has 25 heavy (non-hydrogen) atoms. The number of aryl methyl sites for hydroxylation is 1. The number of fused-ring (bicyclic) bond motifs is 3. The van der Waals surface area contributed by atoms with E-state index < -0.39 is 0 Å². The van der Waals surface area contributed by atoms with Crippen LogP contribution in [0.25, 0.3) is 34.1 Å². The molecule has 0 amide bonds. The molecule has 4 heteroatoms. The summed E-state index contributed by atoms with van der Waals surface area (Å²) in [6, 6.07) is 16.0. The second-order valence-corrected chi connectivity index (χ2v) is 6.09. The van der Waals surface area contributed by atoms with Crippen LogP contribution in [0.5, 0.6) is 0 Å². The van der Waals surface area contributed by atoms with Crippen molar-refractivity contribution in [2.24, 2.45) is 0 Å². The Balaban J connectivity index is 1.81. The van der Waals surface area contributed by atoms with E-state index in [-0.39, 0.29) is 0 Å². The largest absolute Gasteiger partial charge is 0.464 e. The number of pyridine rings is 3. The van der Waals surface area contributed by atoms with Crippen LogP contribution in [0.2, 0.25) is 0 Å². The Labute approximate surface area is 145 Å². The number of nitrogens with zero attached hydrogens (tertiary/aromatic N) is 3. The average molecular weight is 325 g/mol. The standard InChI is InChI=1S/C21H15N3O/c1-2-10-22-17(6-1)18-13-16(19-7-4-12-25-19)15-9-8-14-5-3-11-23-20(14)21(15)24-18/h1-7,10-13H,8-9H2. The van der Waals surface area contributed by atoms with Crippen LogP contribution >= 0.6 is 0 Å². The molecule has 0 N–H and O–H groups in total. The first kappa shape index (κ1) is 14.1. The van der Waals surface area contributed by atoms with Gasteiger partial charge in [0.05, 0.1) is 29.0 Å². The van der Waals surface area contributed by atoms with E-state index in [1.54, 1.807) is 12.5 Å². The molecule has 5 rings (SSSR count). The summed E-state index contributed by atoms with van der Waals surface area (Å²) < 4.78 is 5.70. The molecule has 0 spiro atoms. The van der Waals surface area contributed by atoms with E-state index in [9.17, 15) is 0 Å². The van der Waals surface area contributed by atoms with Gasteiger partial charge in [-0.15, -0.1) is 0 Å². The summed E-state index contributed by atoms with van der Waals surface area (Å²) >= 11 is 0. The molecule has 4 nitrogen and oxygen atoms in total. The number of aromatic nitrogens is 3. The summed E-state index contributed by atoms with van der Waals surface area (Å²) in [6.45, 7) is 0. The zero-order valence-electron chi connectivity index (χ0n) is 13.5. The van der Waals surface area contributed by atoms with E-state index in [0.29, 0.717) is 0 Å². The minimum atomic E-state index is 0.837. The molecule has 120 valence electrons. The van der Waals surface area contributed by atoms with E-state index in [0.717, 1.165) is 46.9 Å². The lowest BCUT2D eigenvalue weighted by Crippen LogP contribution is -2.09. The van der Waals surface area contributed by atoms with Crippen molar-refractivity contribution in [2.45, 2.75) is 12.8 Å². The fraction of sp³-hybridized carbons (Fsp3) is 0.0952. The molecule has 0 unspecified atom stereocenters. The molecule has 1 aliphatic carbocycles. The highest BCUT2D eigenvalue weighted by Crippen LogP contribution is 2.38. The topological polar surface area (TPSA) is 51.8 Å². The second kappa shape index (κ2) is 5.67. The predicted octanol–water partition coefficient (Wildman–Crippen LogP) is 4.56. The second-order valence-electron chi connectivity index (χ2n) is 6.09. The number of hydrogen-bond donors (Lipinski definition) is 0. The third kappa shape index (κ3) is 2.34. The minimum absolute atomic E-state index is 0.837. The summed E-state index contributed by atoms with van der Waals surface area (Å²) in [6.07, 6.45) is 7.22. The molecule has 0 fully saturated rings. The van der Waals surface area contributed by atoms with Gasteiger partial charge >= 0.3 is 0 Å². The van der Waals surface area contributed by atoms with Gasteiger partial charge < -0.3 is 4.42 Å². The lowest BCUT2D eigenvalue weighted by molar-refractivity contribution is 0.581. The van der Waals surface area contributed by atoms with Crippen LogP contribution < -0.4 is 0 Å². The van der Waals surface area contributed by atoms with Gasteiger partial charge in [-0.2, -0.15) is 0 Å². The summed E-state index contributed by atoms with van der Waals surface area (Å²) in [5.41, 5.74) is 7.11. The number of rotatable bonds is 2. The van der Waals surface area contributed by atoms with Gasteiger partial charge in [0.2, 0.25) is 0 Å². The molecule has 1 aliphatic rings. The Morgan fingerprint density at radius 2 is 1.76 bits per heavy atom. The predicted molar refractivity (Wildman–Crippen MR) is 95.8 cm³/mol. The SMILES string of the molecule is c1ccc(-c2cc(-c3ccco3)c3c(n2)-c2ncccc2CC3)nc1. The Morgan fingerprint density at radius 1 is 0.800 bits per heavy atom. The van der Waals surface area contributed by atoms with Crippen LogP contribution in [0.4, 0.5) is 0 Å². The highest BCUT2D eigenvalue weighted by Gasteiger charge is 2.24. The lowest BCUT2D eigenvalue weighted by atomic mass is 9.88. The van der Waals surface area contributed by atoms with E-state index in [1.807, 2.05) is 42.6 Å². The van der Waals surface area contributed by atoms with Gasteiger partial charge in [-0.1, -0.05) is 12.1 Å². The average Bonchev–Trinajstić information content (AvgIpc) is 3.22. The first-order chi connectivity index (χ1) is 12.4. The molecule has 0 saturated carbocycles. The normalized spacial score (nSPS) is 12.5. The molecule has 4 heterocycles. The lowest BCUT2D eigenvalue weighted by Gasteiger charge is -2.21. The molecule has 0 saturated heterocycles. The molecule has 0 radical (unpaired) electrons. The van der Waals surface area contributed by atoms with Gasteiger partial charge in [-0.25, -0.2) is 4.98 Å². The maximum absolute atomic E-state index is 5.70. The summed E-state index contributed by atoms with van der Waals surface area (Å²) in [4.78, 5) is 14.0. The van der Waals surface area contributed by atoms with Crippen molar-refractivity contribution in [3.8, 4) is 34.1 Å². The third-order valence-electron chi connectivity index (χ3n) is 4.60. The van der Waals surface area contributed by atoms with E-state index >= 15 is 0 Å². The maximum Gasteiger partial charge on any atom is 0.134 e. The summed E-state index contributed by atoms with van der Waals surface area (Å²) in [5.74, 6) is 0.857. The number of hydrogen-bond acceptors (Lipinski definition) is 4.